The van der Waals surface area contributed by atoms with Crippen molar-refractivity contribution >= 4 is 33.8 Å². The van der Waals surface area contributed by atoms with Crippen molar-refractivity contribution in [2.45, 2.75) is 26.5 Å². The van der Waals surface area contributed by atoms with Crippen LogP contribution in [0.15, 0.2) is 59.1 Å². The van der Waals surface area contributed by atoms with E-state index in [0.717, 1.165) is 5.56 Å². The van der Waals surface area contributed by atoms with E-state index in [1.807, 2.05) is 30.3 Å². The number of hydrogen-bond acceptors (Lipinski definition) is 5. The highest BCUT2D eigenvalue weighted by molar-refractivity contribution is 9.10. The van der Waals surface area contributed by atoms with Gasteiger partial charge in [-0.05, 0) is 17.5 Å². The first-order valence-electron chi connectivity index (χ1n) is 8.80. The minimum absolute atomic E-state index is 0.0903. The number of esters is 1. The van der Waals surface area contributed by atoms with Gasteiger partial charge in [0.05, 0.1) is 0 Å². The monoisotopic (exact) mass is 447 g/mol. The number of nitrogens with one attached hydrogen (secondary N) is 1. The molecule has 2 aromatic rings. The normalized spacial score (nSPS) is 11.6. The lowest BCUT2D eigenvalue weighted by atomic mass is 10.1. The highest BCUT2D eigenvalue weighted by atomic mass is 79.9. The molecule has 0 spiro atoms. The largest absolute Gasteiger partial charge is 0.456 e. The predicted octanol–water partition coefficient (Wildman–Crippen LogP) is 4.13. The van der Waals surface area contributed by atoms with E-state index in [1.165, 1.54) is 0 Å². The Morgan fingerprint density at radius 2 is 1.61 bits per heavy atom. The van der Waals surface area contributed by atoms with Crippen LogP contribution in [0.25, 0.3) is 0 Å². The number of rotatable bonds is 8. The smallest absolute Gasteiger partial charge is 0.408 e. The summed E-state index contributed by atoms with van der Waals surface area (Å²) in [6, 6.07) is 15.2. The molecule has 0 aliphatic rings. The third-order valence-corrected chi connectivity index (χ3v) is 4.62. The minimum Gasteiger partial charge on any atom is -0.456 e. The predicted molar refractivity (Wildman–Crippen MR) is 108 cm³/mol. The van der Waals surface area contributed by atoms with Crippen LogP contribution in [0.2, 0.25) is 0 Å². The van der Waals surface area contributed by atoms with Crippen LogP contribution < -0.4 is 5.32 Å². The summed E-state index contributed by atoms with van der Waals surface area (Å²) in [5, 5.41) is 2.51. The second kappa shape index (κ2) is 10.6. The molecule has 0 aromatic heterocycles. The summed E-state index contributed by atoms with van der Waals surface area (Å²) in [5.41, 5.74) is 1.26. The molecule has 1 atom stereocenters. The fourth-order valence-electron chi connectivity index (χ4n) is 2.38. The van der Waals surface area contributed by atoms with Crippen LogP contribution in [0.4, 0.5) is 4.79 Å². The van der Waals surface area contributed by atoms with Crippen LogP contribution in [0.1, 0.15) is 29.8 Å². The van der Waals surface area contributed by atoms with Crippen molar-refractivity contribution in [1.29, 1.82) is 0 Å². The van der Waals surface area contributed by atoms with Crippen molar-refractivity contribution in [1.82, 2.24) is 5.32 Å². The van der Waals surface area contributed by atoms with E-state index in [4.69, 9.17) is 9.47 Å². The molecule has 0 saturated heterocycles. The van der Waals surface area contributed by atoms with E-state index in [1.54, 1.807) is 38.1 Å². The molecular weight excluding hydrogens is 426 g/mol. The molecular formula is C21H22BrNO5. The molecule has 0 bridgehead atoms. The second-order valence-corrected chi connectivity index (χ2v) is 7.29. The number of carbonyl (C=O) groups is 3. The highest BCUT2D eigenvalue weighted by Gasteiger charge is 2.27. The van der Waals surface area contributed by atoms with E-state index in [-0.39, 0.29) is 18.3 Å². The van der Waals surface area contributed by atoms with Crippen molar-refractivity contribution < 1.29 is 23.9 Å². The summed E-state index contributed by atoms with van der Waals surface area (Å²) in [7, 11) is 0. The second-order valence-electron chi connectivity index (χ2n) is 6.44. The van der Waals surface area contributed by atoms with Gasteiger partial charge in [-0.3, -0.25) is 4.79 Å². The lowest BCUT2D eigenvalue weighted by Gasteiger charge is -2.20. The molecule has 6 nitrogen and oxygen atoms in total. The molecule has 1 N–H and O–H groups in total. The number of hydrogen-bond donors (Lipinski definition) is 1. The van der Waals surface area contributed by atoms with Crippen LogP contribution >= 0.6 is 15.9 Å². The maximum Gasteiger partial charge on any atom is 0.408 e. The molecule has 0 heterocycles. The minimum atomic E-state index is -0.921. The standard InChI is InChI=1S/C21H22BrNO5/c1-14(2)19(23-21(26)28-12-15-8-4-3-5-9-15)20(25)27-13-18(24)16-10-6-7-11-17(16)22/h3-11,14,19H,12-13H2,1-2H3,(H,23,26)/t19-/m1/s1. The highest BCUT2D eigenvalue weighted by Crippen LogP contribution is 2.16. The maximum atomic E-state index is 12.4. The molecule has 2 rings (SSSR count). The summed E-state index contributed by atoms with van der Waals surface area (Å²) < 4.78 is 10.9. The Balaban J connectivity index is 1.88. The summed E-state index contributed by atoms with van der Waals surface area (Å²) in [6.07, 6.45) is -0.725. The summed E-state index contributed by atoms with van der Waals surface area (Å²) in [6.45, 7) is 3.20. The quantitative estimate of drug-likeness (QED) is 0.485. The van der Waals surface area contributed by atoms with Gasteiger partial charge >= 0.3 is 12.1 Å². The number of amides is 1. The zero-order valence-corrected chi connectivity index (χ0v) is 17.3. The maximum absolute atomic E-state index is 12.4. The molecule has 148 valence electrons. The third kappa shape index (κ3) is 6.49. The van der Waals surface area contributed by atoms with E-state index in [9.17, 15) is 14.4 Å². The van der Waals surface area contributed by atoms with Crippen molar-refractivity contribution in [3.63, 3.8) is 0 Å². The number of benzene rings is 2. The van der Waals surface area contributed by atoms with Crippen molar-refractivity contribution in [2.75, 3.05) is 6.61 Å². The molecule has 0 saturated carbocycles. The van der Waals surface area contributed by atoms with Gasteiger partial charge < -0.3 is 14.8 Å². The molecule has 0 unspecified atom stereocenters. The van der Waals surface area contributed by atoms with Crippen LogP contribution in [0.3, 0.4) is 0 Å². The van der Waals surface area contributed by atoms with Crippen LogP contribution in [-0.4, -0.2) is 30.5 Å². The Bertz CT molecular complexity index is 823. The molecule has 1 amide bonds. The molecule has 7 heteroatoms. The molecule has 0 fully saturated rings. The van der Waals surface area contributed by atoms with Gasteiger partial charge in [0, 0.05) is 10.0 Å². The Kier molecular flexibility index (Phi) is 8.19. The van der Waals surface area contributed by atoms with Crippen LogP contribution in [-0.2, 0) is 20.9 Å². The van der Waals surface area contributed by atoms with Crippen LogP contribution in [0.5, 0.6) is 0 Å². The molecule has 28 heavy (non-hydrogen) atoms. The van der Waals surface area contributed by atoms with E-state index < -0.39 is 24.7 Å². The van der Waals surface area contributed by atoms with Gasteiger partial charge in [-0.1, -0.05) is 78.3 Å². The number of Topliss-reactive ketones (excluding diaryl/α,β-unsaturated/α-hetero) is 1. The zero-order chi connectivity index (χ0) is 20.5. The van der Waals surface area contributed by atoms with Crippen LogP contribution in [0, 0.1) is 5.92 Å². The Morgan fingerprint density at radius 1 is 0.964 bits per heavy atom. The van der Waals surface area contributed by atoms with Gasteiger partial charge in [0.2, 0.25) is 5.78 Å². The first-order chi connectivity index (χ1) is 13.4. The first kappa shape index (κ1) is 21.6. The Labute approximate surface area is 172 Å². The summed E-state index contributed by atoms with van der Waals surface area (Å²) in [5.74, 6) is -1.27. The van der Waals surface area contributed by atoms with Crippen molar-refractivity contribution in [2.24, 2.45) is 5.92 Å². The summed E-state index contributed by atoms with van der Waals surface area (Å²) in [4.78, 5) is 36.6. The van der Waals surface area contributed by atoms with E-state index in [0.29, 0.717) is 10.0 Å². The topological polar surface area (TPSA) is 81.7 Å². The molecule has 0 aliphatic carbocycles. The number of ketones is 1. The average molecular weight is 448 g/mol. The number of carbonyl (C=O) groups excluding carboxylic acids is 3. The number of halogens is 1. The third-order valence-electron chi connectivity index (χ3n) is 3.93. The molecule has 0 aliphatic heterocycles. The van der Waals surface area contributed by atoms with Gasteiger partial charge in [-0.25, -0.2) is 9.59 Å². The average Bonchev–Trinajstić information content (AvgIpc) is 2.69. The lowest BCUT2D eigenvalue weighted by Crippen LogP contribution is -2.45. The van der Waals surface area contributed by atoms with Gasteiger partial charge in [-0.15, -0.1) is 0 Å². The molecule has 2 aromatic carbocycles. The Morgan fingerprint density at radius 3 is 2.25 bits per heavy atom. The number of ether oxygens (including phenoxy) is 2. The number of alkyl carbamates (subject to hydrolysis) is 1. The lowest BCUT2D eigenvalue weighted by molar-refractivity contribution is -0.146. The van der Waals surface area contributed by atoms with Crippen molar-refractivity contribution in [3.05, 3.63) is 70.2 Å². The van der Waals surface area contributed by atoms with E-state index >= 15 is 0 Å². The van der Waals surface area contributed by atoms with Crippen molar-refractivity contribution in [3.8, 4) is 0 Å². The van der Waals surface area contributed by atoms with Gasteiger partial charge in [0.25, 0.3) is 0 Å². The Hall–Kier alpha value is -2.67. The zero-order valence-electron chi connectivity index (χ0n) is 15.7. The van der Waals surface area contributed by atoms with Gasteiger partial charge in [0.15, 0.2) is 6.61 Å². The SMILES string of the molecule is CC(C)[C@@H](NC(=O)OCc1ccccc1)C(=O)OCC(=O)c1ccccc1Br. The van der Waals surface area contributed by atoms with Gasteiger partial charge in [-0.2, -0.15) is 0 Å². The fourth-order valence-corrected chi connectivity index (χ4v) is 2.89. The van der Waals surface area contributed by atoms with E-state index in [2.05, 4.69) is 21.2 Å². The fraction of sp³-hybridized carbons (Fsp3) is 0.286. The summed E-state index contributed by atoms with van der Waals surface area (Å²) >= 11 is 3.29. The van der Waals surface area contributed by atoms with Gasteiger partial charge in [0.1, 0.15) is 12.6 Å². The molecule has 0 radical (unpaired) electrons. The first-order valence-corrected chi connectivity index (χ1v) is 9.59.